The lowest BCUT2D eigenvalue weighted by Crippen LogP contribution is -2.35. The van der Waals surface area contributed by atoms with Gasteiger partial charge >= 0.3 is 0 Å². The Morgan fingerprint density at radius 1 is 1.28 bits per heavy atom. The van der Waals surface area contributed by atoms with Gasteiger partial charge in [0.25, 0.3) is 0 Å². The van der Waals surface area contributed by atoms with Gasteiger partial charge in [-0.15, -0.1) is 0 Å². The molecular formula is C15H26N2O. The number of ether oxygens (including phenoxy) is 1. The maximum atomic E-state index is 5.96. The Labute approximate surface area is 111 Å². The van der Waals surface area contributed by atoms with Gasteiger partial charge in [0.2, 0.25) is 0 Å². The molecule has 0 radical (unpaired) electrons. The van der Waals surface area contributed by atoms with E-state index < -0.39 is 0 Å². The van der Waals surface area contributed by atoms with Gasteiger partial charge in [-0.1, -0.05) is 6.07 Å². The van der Waals surface area contributed by atoms with Gasteiger partial charge in [-0.3, -0.25) is 0 Å². The van der Waals surface area contributed by atoms with E-state index in [1.807, 2.05) is 13.8 Å². The number of rotatable bonds is 6. The second-order valence-electron chi connectivity index (χ2n) is 5.68. The van der Waals surface area contributed by atoms with Gasteiger partial charge in [0.1, 0.15) is 5.75 Å². The zero-order valence-corrected chi connectivity index (χ0v) is 12.3. The minimum Gasteiger partial charge on any atom is -0.496 e. The van der Waals surface area contributed by atoms with E-state index >= 15 is 0 Å². The van der Waals surface area contributed by atoms with Gasteiger partial charge < -0.3 is 15.8 Å². The molecule has 0 saturated carbocycles. The fourth-order valence-corrected chi connectivity index (χ4v) is 1.99. The molecule has 3 N–H and O–H groups in total. The van der Waals surface area contributed by atoms with E-state index in [0.717, 1.165) is 25.3 Å². The average molecular weight is 250 g/mol. The first kappa shape index (κ1) is 15.0. The van der Waals surface area contributed by atoms with E-state index in [1.165, 1.54) is 16.7 Å². The molecule has 1 aromatic carbocycles. The molecule has 0 bridgehead atoms. The Morgan fingerprint density at radius 2 is 1.94 bits per heavy atom. The van der Waals surface area contributed by atoms with Crippen molar-refractivity contribution in [1.29, 1.82) is 0 Å². The highest BCUT2D eigenvalue weighted by molar-refractivity contribution is 5.42. The largest absolute Gasteiger partial charge is 0.496 e. The summed E-state index contributed by atoms with van der Waals surface area (Å²) >= 11 is 0. The van der Waals surface area contributed by atoms with E-state index in [-0.39, 0.29) is 5.54 Å². The molecule has 0 atom stereocenters. The molecule has 3 nitrogen and oxygen atoms in total. The predicted molar refractivity (Wildman–Crippen MR) is 77.1 cm³/mol. The number of benzene rings is 1. The highest BCUT2D eigenvalue weighted by atomic mass is 16.5. The Balaban J connectivity index is 2.62. The number of nitrogens with two attached hydrogens (primary N) is 1. The number of nitrogens with one attached hydrogen (secondary N) is 1. The summed E-state index contributed by atoms with van der Waals surface area (Å²) < 4.78 is 5.44. The molecule has 0 saturated heterocycles. The maximum absolute atomic E-state index is 5.96. The summed E-state index contributed by atoms with van der Waals surface area (Å²) in [5.74, 6) is 0.965. The van der Waals surface area contributed by atoms with E-state index in [1.54, 1.807) is 7.11 Å². The summed E-state index contributed by atoms with van der Waals surface area (Å²) in [5, 5.41) is 3.43. The van der Waals surface area contributed by atoms with Crippen molar-refractivity contribution in [1.82, 2.24) is 5.32 Å². The summed E-state index contributed by atoms with van der Waals surface area (Å²) in [6.45, 7) is 10.0. The number of aryl methyl sites for hydroxylation is 2. The molecule has 1 aromatic rings. The summed E-state index contributed by atoms with van der Waals surface area (Å²) in [6.07, 6.45) is 0.959. The molecule has 0 aliphatic heterocycles. The van der Waals surface area contributed by atoms with Crippen molar-refractivity contribution in [2.75, 3.05) is 13.7 Å². The zero-order valence-electron chi connectivity index (χ0n) is 12.3. The van der Waals surface area contributed by atoms with Crippen LogP contribution < -0.4 is 15.8 Å². The van der Waals surface area contributed by atoms with E-state index in [0.29, 0.717) is 0 Å². The number of hydrogen-bond donors (Lipinski definition) is 2. The zero-order chi connectivity index (χ0) is 13.8. The molecule has 0 amide bonds. The molecule has 102 valence electrons. The van der Waals surface area contributed by atoms with Crippen molar-refractivity contribution >= 4 is 0 Å². The lowest BCUT2D eigenvalue weighted by Gasteiger charge is -2.19. The van der Waals surface area contributed by atoms with Crippen LogP contribution in [-0.2, 0) is 6.54 Å². The first-order chi connectivity index (χ1) is 8.33. The molecule has 1 rings (SSSR count). The summed E-state index contributed by atoms with van der Waals surface area (Å²) in [4.78, 5) is 0. The van der Waals surface area contributed by atoms with Crippen LogP contribution in [0.4, 0.5) is 0 Å². The molecule has 3 heteroatoms. The second-order valence-corrected chi connectivity index (χ2v) is 5.68. The Hall–Kier alpha value is -1.06. The van der Waals surface area contributed by atoms with Crippen LogP contribution in [0.5, 0.6) is 5.75 Å². The van der Waals surface area contributed by atoms with Crippen LogP contribution in [0.2, 0.25) is 0 Å². The lowest BCUT2D eigenvalue weighted by molar-refractivity contribution is 0.404. The fraction of sp³-hybridized carbons (Fsp3) is 0.600. The highest BCUT2D eigenvalue weighted by Crippen LogP contribution is 2.23. The van der Waals surface area contributed by atoms with Crippen LogP contribution >= 0.6 is 0 Å². The first-order valence-corrected chi connectivity index (χ1v) is 6.47. The normalized spacial score (nSPS) is 11.7. The summed E-state index contributed by atoms with van der Waals surface area (Å²) in [5.41, 5.74) is 9.58. The van der Waals surface area contributed by atoms with Crippen molar-refractivity contribution in [2.45, 2.75) is 46.2 Å². The third kappa shape index (κ3) is 4.67. The SMILES string of the molecule is COc1cc(C)cc(C)c1CNCCC(C)(C)N. The van der Waals surface area contributed by atoms with Crippen LogP contribution in [0.3, 0.4) is 0 Å². The van der Waals surface area contributed by atoms with Gasteiger partial charge in [-0.05, 0) is 57.9 Å². The molecule has 0 heterocycles. The Morgan fingerprint density at radius 3 is 2.50 bits per heavy atom. The number of methoxy groups -OCH3 is 1. The van der Waals surface area contributed by atoms with Gasteiger partial charge in [-0.25, -0.2) is 0 Å². The smallest absolute Gasteiger partial charge is 0.123 e. The quantitative estimate of drug-likeness (QED) is 0.763. The molecule has 0 spiro atoms. The van der Waals surface area contributed by atoms with Crippen molar-refractivity contribution in [3.8, 4) is 5.75 Å². The van der Waals surface area contributed by atoms with Crippen LogP contribution in [0.25, 0.3) is 0 Å². The maximum Gasteiger partial charge on any atom is 0.123 e. The summed E-state index contributed by atoms with van der Waals surface area (Å²) in [7, 11) is 1.72. The molecule has 0 aromatic heterocycles. The minimum atomic E-state index is -0.112. The van der Waals surface area contributed by atoms with Crippen LogP contribution in [0, 0.1) is 13.8 Å². The van der Waals surface area contributed by atoms with Crippen LogP contribution in [-0.4, -0.2) is 19.2 Å². The molecule has 0 fully saturated rings. The van der Waals surface area contributed by atoms with Crippen molar-refractivity contribution in [2.24, 2.45) is 5.73 Å². The molecule has 0 unspecified atom stereocenters. The first-order valence-electron chi connectivity index (χ1n) is 6.47. The highest BCUT2D eigenvalue weighted by Gasteiger charge is 2.11. The van der Waals surface area contributed by atoms with E-state index in [2.05, 4.69) is 31.3 Å². The molecule has 18 heavy (non-hydrogen) atoms. The molecular weight excluding hydrogens is 224 g/mol. The summed E-state index contributed by atoms with van der Waals surface area (Å²) in [6, 6.07) is 4.27. The topological polar surface area (TPSA) is 47.3 Å². The van der Waals surface area contributed by atoms with E-state index in [9.17, 15) is 0 Å². The monoisotopic (exact) mass is 250 g/mol. The van der Waals surface area contributed by atoms with E-state index in [4.69, 9.17) is 10.5 Å². The van der Waals surface area contributed by atoms with Gasteiger partial charge in [0.05, 0.1) is 7.11 Å². The van der Waals surface area contributed by atoms with Gasteiger partial charge in [-0.2, -0.15) is 0 Å². The predicted octanol–water partition coefficient (Wildman–Crippen LogP) is 2.53. The molecule has 0 aliphatic rings. The second kappa shape index (κ2) is 6.21. The third-order valence-corrected chi connectivity index (χ3v) is 3.04. The number of hydrogen-bond acceptors (Lipinski definition) is 3. The third-order valence-electron chi connectivity index (χ3n) is 3.04. The molecule has 0 aliphatic carbocycles. The van der Waals surface area contributed by atoms with Crippen molar-refractivity contribution in [3.05, 3.63) is 28.8 Å². The van der Waals surface area contributed by atoms with Gasteiger partial charge in [0, 0.05) is 17.6 Å². The van der Waals surface area contributed by atoms with Crippen molar-refractivity contribution < 1.29 is 4.74 Å². The fourth-order valence-electron chi connectivity index (χ4n) is 1.99. The standard InChI is InChI=1S/C15H26N2O/c1-11-8-12(2)13(14(9-11)18-5)10-17-7-6-15(3,4)16/h8-9,17H,6-7,10,16H2,1-5H3. The lowest BCUT2D eigenvalue weighted by atomic mass is 10.0. The Kier molecular flexibility index (Phi) is 5.17. The minimum absolute atomic E-state index is 0.112. The van der Waals surface area contributed by atoms with Crippen LogP contribution in [0.1, 0.15) is 37.0 Å². The van der Waals surface area contributed by atoms with Crippen LogP contribution in [0.15, 0.2) is 12.1 Å². The van der Waals surface area contributed by atoms with Crippen molar-refractivity contribution in [3.63, 3.8) is 0 Å². The average Bonchev–Trinajstić information content (AvgIpc) is 2.24. The Bertz CT molecular complexity index is 394. The van der Waals surface area contributed by atoms with Gasteiger partial charge in [0.15, 0.2) is 0 Å².